The topological polar surface area (TPSA) is 61.3 Å². The molecule has 0 unspecified atom stereocenters. The van der Waals surface area contributed by atoms with Crippen LogP contribution in [0.25, 0.3) is 11.7 Å². The van der Waals surface area contributed by atoms with E-state index in [1.807, 2.05) is 6.92 Å². The fraction of sp³-hybridized carbons (Fsp3) is 0.250. The van der Waals surface area contributed by atoms with Crippen molar-refractivity contribution in [3.63, 3.8) is 0 Å². The predicted molar refractivity (Wildman–Crippen MR) is 43.2 cm³/mol. The maximum atomic E-state index is 5.13. The minimum atomic E-state index is 0.161. The van der Waals surface area contributed by atoms with E-state index in [9.17, 15) is 0 Å². The third kappa shape index (κ3) is 1.53. The second kappa shape index (κ2) is 3.30. The molecule has 5 heteroatoms. The minimum Gasteiger partial charge on any atom is -0.459 e. The van der Waals surface area contributed by atoms with Crippen LogP contribution in [0.3, 0.4) is 0 Å². The molecule has 0 saturated heterocycles. The third-order valence-electron chi connectivity index (χ3n) is 1.41. The van der Waals surface area contributed by atoms with Crippen LogP contribution in [-0.2, 0) is 0 Å². The van der Waals surface area contributed by atoms with Gasteiger partial charge in [-0.15, -0.1) is 5.10 Å². The standard InChI is InChI=1S/C8H8N2O3/c1-2-11-8-10-9-7(13-8)6-4-3-5-12-6/h3-5H,2H2,1H3. The minimum absolute atomic E-state index is 0.161. The van der Waals surface area contributed by atoms with Crippen molar-refractivity contribution in [2.24, 2.45) is 0 Å². The lowest BCUT2D eigenvalue weighted by molar-refractivity contribution is 0.245. The number of ether oxygens (including phenoxy) is 1. The number of furan rings is 1. The van der Waals surface area contributed by atoms with Gasteiger partial charge in [-0.3, -0.25) is 0 Å². The number of hydrogen-bond donors (Lipinski definition) is 0. The first-order chi connectivity index (χ1) is 6.40. The van der Waals surface area contributed by atoms with Gasteiger partial charge in [0.1, 0.15) is 0 Å². The smallest absolute Gasteiger partial charge is 0.415 e. The van der Waals surface area contributed by atoms with E-state index in [0.29, 0.717) is 18.3 Å². The summed E-state index contributed by atoms with van der Waals surface area (Å²) in [5.74, 6) is 0.868. The molecular formula is C8H8N2O3. The molecule has 13 heavy (non-hydrogen) atoms. The number of rotatable bonds is 3. The van der Waals surface area contributed by atoms with Crippen molar-refractivity contribution in [3.8, 4) is 17.7 Å². The Balaban J connectivity index is 2.23. The molecule has 0 atom stereocenters. The first-order valence-electron chi connectivity index (χ1n) is 3.90. The largest absolute Gasteiger partial charge is 0.459 e. The van der Waals surface area contributed by atoms with E-state index in [1.54, 1.807) is 18.4 Å². The van der Waals surface area contributed by atoms with Crippen LogP contribution in [0.5, 0.6) is 6.08 Å². The van der Waals surface area contributed by atoms with Crippen molar-refractivity contribution in [3.05, 3.63) is 18.4 Å². The molecule has 2 heterocycles. The van der Waals surface area contributed by atoms with E-state index in [4.69, 9.17) is 13.6 Å². The Bertz CT molecular complexity index is 366. The molecule has 5 nitrogen and oxygen atoms in total. The van der Waals surface area contributed by atoms with E-state index >= 15 is 0 Å². The van der Waals surface area contributed by atoms with Crippen molar-refractivity contribution in [2.45, 2.75) is 6.92 Å². The fourth-order valence-electron chi connectivity index (χ4n) is 0.891. The second-order valence-corrected chi connectivity index (χ2v) is 2.28. The molecule has 0 saturated carbocycles. The van der Waals surface area contributed by atoms with Crippen LogP contribution in [0.15, 0.2) is 27.2 Å². The van der Waals surface area contributed by atoms with Gasteiger partial charge in [0.25, 0.3) is 5.89 Å². The Labute approximate surface area is 74.3 Å². The van der Waals surface area contributed by atoms with Crippen LogP contribution in [-0.4, -0.2) is 16.8 Å². The Morgan fingerprint density at radius 3 is 3.08 bits per heavy atom. The molecule has 0 aliphatic carbocycles. The summed E-state index contributed by atoms with van der Waals surface area (Å²) in [6.45, 7) is 2.34. The predicted octanol–water partition coefficient (Wildman–Crippen LogP) is 1.73. The molecule has 2 aromatic rings. The Kier molecular flexibility index (Phi) is 1.99. The van der Waals surface area contributed by atoms with Crippen LogP contribution in [0.1, 0.15) is 6.92 Å². The lowest BCUT2D eigenvalue weighted by Crippen LogP contribution is -1.90. The van der Waals surface area contributed by atoms with E-state index < -0.39 is 0 Å². The zero-order valence-electron chi connectivity index (χ0n) is 7.06. The number of nitrogens with zero attached hydrogens (tertiary/aromatic N) is 2. The van der Waals surface area contributed by atoms with Gasteiger partial charge < -0.3 is 13.6 Å². The van der Waals surface area contributed by atoms with E-state index in [1.165, 1.54) is 0 Å². The van der Waals surface area contributed by atoms with Crippen molar-refractivity contribution in [2.75, 3.05) is 6.61 Å². The Morgan fingerprint density at radius 2 is 2.38 bits per heavy atom. The molecular weight excluding hydrogens is 172 g/mol. The summed E-state index contributed by atoms with van der Waals surface area (Å²) >= 11 is 0. The van der Waals surface area contributed by atoms with E-state index in [-0.39, 0.29) is 6.08 Å². The highest BCUT2D eigenvalue weighted by Gasteiger charge is 2.10. The van der Waals surface area contributed by atoms with Gasteiger partial charge in [-0.2, -0.15) is 0 Å². The van der Waals surface area contributed by atoms with Gasteiger partial charge in [0.15, 0.2) is 5.76 Å². The van der Waals surface area contributed by atoms with Crippen LogP contribution >= 0.6 is 0 Å². The molecule has 68 valence electrons. The zero-order valence-corrected chi connectivity index (χ0v) is 7.06. The summed E-state index contributed by atoms with van der Waals surface area (Å²) in [4.78, 5) is 0. The zero-order chi connectivity index (χ0) is 9.10. The summed E-state index contributed by atoms with van der Waals surface area (Å²) in [6.07, 6.45) is 1.70. The van der Waals surface area contributed by atoms with E-state index in [0.717, 1.165) is 0 Å². The quantitative estimate of drug-likeness (QED) is 0.719. The average molecular weight is 180 g/mol. The number of aromatic nitrogens is 2. The van der Waals surface area contributed by atoms with Gasteiger partial charge in [0, 0.05) is 0 Å². The monoisotopic (exact) mass is 180 g/mol. The highest BCUT2D eigenvalue weighted by molar-refractivity contribution is 5.42. The van der Waals surface area contributed by atoms with Crippen LogP contribution < -0.4 is 4.74 Å². The van der Waals surface area contributed by atoms with Gasteiger partial charge in [0.05, 0.1) is 12.9 Å². The molecule has 0 aliphatic rings. The lowest BCUT2D eigenvalue weighted by atomic mass is 10.5. The second-order valence-electron chi connectivity index (χ2n) is 2.28. The molecule has 0 bridgehead atoms. The van der Waals surface area contributed by atoms with Crippen LogP contribution in [0.4, 0.5) is 0 Å². The van der Waals surface area contributed by atoms with Crippen LogP contribution in [0.2, 0.25) is 0 Å². The van der Waals surface area contributed by atoms with Crippen molar-refractivity contribution in [1.29, 1.82) is 0 Å². The summed E-state index contributed by atoms with van der Waals surface area (Å²) in [7, 11) is 0. The van der Waals surface area contributed by atoms with Gasteiger partial charge in [-0.05, 0) is 19.1 Å². The molecule has 2 aromatic heterocycles. The SMILES string of the molecule is CCOc1nnc(-c2ccco2)o1. The van der Waals surface area contributed by atoms with Crippen molar-refractivity contribution in [1.82, 2.24) is 10.2 Å². The lowest BCUT2D eigenvalue weighted by Gasteiger charge is -1.90. The van der Waals surface area contributed by atoms with Crippen LogP contribution in [0, 0.1) is 0 Å². The first-order valence-corrected chi connectivity index (χ1v) is 3.90. The summed E-state index contributed by atoms with van der Waals surface area (Å²) in [5, 5.41) is 7.40. The third-order valence-corrected chi connectivity index (χ3v) is 1.41. The first kappa shape index (κ1) is 7.85. The molecule has 0 aliphatic heterocycles. The Morgan fingerprint density at radius 1 is 1.46 bits per heavy atom. The molecule has 0 radical (unpaired) electrons. The molecule has 0 spiro atoms. The fourth-order valence-corrected chi connectivity index (χ4v) is 0.891. The normalized spacial score (nSPS) is 10.2. The highest BCUT2D eigenvalue weighted by atomic mass is 16.6. The van der Waals surface area contributed by atoms with Gasteiger partial charge in [-0.25, -0.2) is 0 Å². The average Bonchev–Trinajstić information content (AvgIpc) is 2.70. The summed E-state index contributed by atoms with van der Waals surface area (Å²) in [6, 6.07) is 3.49. The van der Waals surface area contributed by atoms with Crippen molar-refractivity contribution < 1.29 is 13.6 Å². The summed E-state index contributed by atoms with van der Waals surface area (Å²) < 4.78 is 15.2. The van der Waals surface area contributed by atoms with Crippen molar-refractivity contribution >= 4 is 0 Å². The molecule has 0 fully saturated rings. The van der Waals surface area contributed by atoms with Gasteiger partial charge in [0.2, 0.25) is 0 Å². The number of hydrogen-bond acceptors (Lipinski definition) is 5. The van der Waals surface area contributed by atoms with E-state index in [2.05, 4.69) is 10.2 Å². The Hall–Kier alpha value is -1.78. The van der Waals surface area contributed by atoms with Gasteiger partial charge >= 0.3 is 6.08 Å². The maximum Gasteiger partial charge on any atom is 0.415 e. The highest BCUT2D eigenvalue weighted by Crippen LogP contribution is 2.20. The molecule has 2 rings (SSSR count). The maximum absolute atomic E-state index is 5.13. The molecule has 0 amide bonds. The molecule has 0 aromatic carbocycles. The molecule has 0 N–H and O–H groups in total. The van der Waals surface area contributed by atoms with Gasteiger partial charge in [-0.1, -0.05) is 5.10 Å². The summed E-state index contributed by atoms with van der Waals surface area (Å²) in [5.41, 5.74) is 0.